The van der Waals surface area contributed by atoms with Gasteiger partial charge in [-0.25, -0.2) is 0 Å². The van der Waals surface area contributed by atoms with Gasteiger partial charge in [-0.2, -0.15) is 13.2 Å². The number of hydrogen-bond acceptors (Lipinski definition) is 1. The van der Waals surface area contributed by atoms with E-state index >= 15 is 0 Å². The molecule has 1 aliphatic carbocycles. The van der Waals surface area contributed by atoms with E-state index in [1.165, 1.54) is 25.7 Å². The Hall–Kier alpha value is -0.250. The minimum absolute atomic E-state index is 0.125. The molecule has 1 nitrogen and oxygen atoms in total. The average molecular weight is 249 g/mol. The fraction of sp³-hybridized carbons (Fsp3) is 1.00. The van der Waals surface area contributed by atoms with Gasteiger partial charge in [-0.3, -0.25) is 0 Å². The van der Waals surface area contributed by atoms with Gasteiger partial charge in [0, 0.05) is 12.6 Å². The first kappa shape index (κ1) is 13.2. The molecule has 0 aromatic carbocycles. The van der Waals surface area contributed by atoms with Gasteiger partial charge in [0.25, 0.3) is 0 Å². The van der Waals surface area contributed by atoms with Gasteiger partial charge in [-0.05, 0) is 37.5 Å². The van der Waals surface area contributed by atoms with Crippen LogP contribution in [0.25, 0.3) is 0 Å². The molecular weight excluding hydrogens is 227 g/mol. The second-order valence-corrected chi connectivity index (χ2v) is 5.85. The molecule has 2 aliphatic rings. The minimum atomic E-state index is -4.01. The molecule has 0 bridgehead atoms. The maximum absolute atomic E-state index is 12.5. The van der Waals surface area contributed by atoms with E-state index in [2.05, 4.69) is 12.2 Å². The first-order valence-corrected chi connectivity index (χ1v) is 6.77. The summed E-state index contributed by atoms with van der Waals surface area (Å²) in [4.78, 5) is 0. The Morgan fingerprint density at radius 1 is 0.941 bits per heavy atom. The van der Waals surface area contributed by atoms with Crippen molar-refractivity contribution in [3.05, 3.63) is 0 Å². The summed E-state index contributed by atoms with van der Waals surface area (Å²) in [7, 11) is 0. The standard InChI is InChI=1S/C13H22F3N/c1-9-2-4-10(5-3-9)12-7-6-11(8-17-12)13(14,15)16/h9-12,17H,2-8H2,1H3. The van der Waals surface area contributed by atoms with E-state index in [0.717, 1.165) is 5.92 Å². The van der Waals surface area contributed by atoms with Crippen molar-refractivity contribution < 1.29 is 13.2 Å². The summed E-state index contributed by atoms with van der Waals surface area (Å²) in [5.41, 5.74) is 0. The number of halogens is 3. The molecule has 2 rings (SSSR count). The highest BCUT2D eigenvalue weighted by molar-refractivity contribution is 4.87. The van der Waals surface area contributed by atoms with Crippen LogP contribution >= 0.6 is 0 Å². The second kappa shape index (κ2) is 5.17. The van der Waals surface area contributed by atoms with Crippen LogP contribution in [0.4, 0.5) is 13.2 Å². The Morgan fingerprint density at radius 3 is 2.06 bits per heavy atom. The Kier molecular flexibility index (Phi) is 4.01. The van der Waals surface area contributed by atoms with Crippen LogP contribution in [-0.2, 0) is 0 Å². The summed E-state index contributed by atoms with van der Waals surface area (Å²) in [6, 6.07) is 0.334. The molecule has 100 valence electrons. The molecular formula is C13H22F3N. The predicted molar refractivity (Wildman–Crippen MR) is 61.7 cm³/mol. The summed E-state index contributed by atoms with van der Waals surface area (Å²) in [6.45, 7) is 2.39. The van der Waals surface area contributed by atoms with Gasteiger partial charge >= 0.3 is 6.18 Å². The first-order valence-electron chi connectivity index (χ1n) is 6.77. The van der Waals surface area contributed by atoms with Gasteiger partial charge in [-0.1, -0.05) is 19.8 Å². The van der Waals surface area contributed by atoms with Crippen LogP contribution in [0.2, 0.25) is 0 Å². The minimum Gasteiger partial charge on any atom is -0.313 e. The lowest BCUT2D eigenvalue weighted by molar-refractivity contribution is -0.180. The lowest BCUT2D eigenvalue weighted by Crippen LogP contribution is -2.47. The van der Waals surface area contributed by atoms with Gasteiger partial charge in [-0.15, -0.1) is 0 Å². The number of nitrogens with one attached hydrogen (secondary N) is 1. The first-order chi connectivity index (χ1) is 7.97. The topological polar surface area (TPSA) is 12.0 Å². The van der Waals surface area contributed by atoms with Gasteiger partial charge in [0.15, 0.2) is 0 Å². The van der Waals surface area contributed by atoms with Crippen LogP contribution in [0, 0.1) is 17.8 Å². The van der Waals surface area contributed by atoms with Crippen LogP contribution in [-0.4, -0.2) is 18.8 Å². The van der Waals surface area contributed by atoms with E-state index < -0.39 is 12.1 Å². The summed E-state index contributed by atoms with van der Waals surface area (Å²) in [5, 5.41) is 3.14. The number of rotatable bonds is 1. The van der Waals surface area contributed by atoms with Crippen LogP contribution in [0.15, 0.2) is 0 Å². The molecule has 17 heavy (non-hydrogen) atoms. The van der Waals surface area contributed by atoms with Crippen molar-refractivity contribution in [2.75, 3.05) is 6.54 Å². The molecule has 0 amide bonds. The Bertz CT molecular complexity index is 236. The molecule has 0 radical (unpaired) electrons. The van der Waals surface area contributed by atoms with Crippen molar-refractivity contribution in [1.29, 1.82) is 0 Å². The zero-order valence-corrected chi connectivity index (χ0v) is 10.4. The Morgan fingerprint density at radius 2 is 1.59 bits per heavy atom. The van der Waals surface area contributed by atoms with Crippen LogP contribution in [0.1, 0.15) is 45.4 Å². The van der Waals surface area contributed by atoms with Crippen molar-refractivity contribution in [3.8, 4) is 0 Å². The smallest absolute Gasteiger partial charge is 0.313 e. The molecule has 2 atom stereocenters. The van der Waals surface area contributed by atoms with Crippen molar-refractivity contribution in [2.45, 2.75) is 57.7 Å². The molecule has 2 unspecified atom stereocenters. The monoisotopic (exact) mass is 249 g/mol. The van der Waals surface area contributed by atoms with E-state index in [1.807, 2.05) is 0 Å². The van der Waals surface area contributed by atoms with Gasteiger partial charge in [0.1, 0.15) is 0 Å². The van der Waals surface area contributed by atoms with Crippen molar-refractivity contribution in [2.24, 2.45) is 17.8 Å². The molecule has 2 fully saturated rings. The molecule has 1 heterocycles. The molecule has 1 saturated carbocycles. The Balaban J connectivity index is 1.79. The zero-order valence-electron chi connectivity index (χ0n) is 10.4. The maximum atomic E-state index is 12.5. The molecule has 1 aliphatic heterocycles. The van der Waals surface area contributed by atoms with E-state index in [4.69, 9.17) is 0 Å². The number of alkyl halides is 3. The molecule has 1 N–H and O–H groups in total. The molecule has 4 heteroatoms. The second-order valence-electron chi connectivity index (χ2n) is 5.85. The Labute approximate surface area is 101 Å². The SMILES string of the molecule is CC1CCC(C2CCC(C(F)(F)F)CN2)CC1. The quantitative estimate of drug-likeness (QED) is 0.746. The number of hydrogen-bond donors (Lipinski definition) is 1. The predicted octanol–water partition coefficient (Wildman–Crippen LogP) is 3.74. The van der Waals surface area contributed by atoms with Gasteiger partial charge < -0.3 is 5.32 Å². The lowest BCUT2D eigenvalue weighted by Gasteiger charge is -2.38. The van der Waals surface area contributed by atoms with E-state index in [-0.39, 0.29) is 6.54 Å². The van der Waals surface area contributed by atoms with Crippen LogP contribution in [0.5, 0.6) is 0 Å². The highest BCUT2D eigenvalue weighted by atomic mass is 19.4. The van der Waals surface area contributed by atoms with Crippen molar-refractivity contribution >= 4 is 0 Å². The van der Waals surface area contributed by atoms with Crippen molar-refractivity contribution in [1.82, 2.24) is 5.32 Å². The summed E-state index contributed by atoms with van der Waals surface area (Å²) in [6.07, 6.45) is 1.86. The summed E-state index contributed by atoms with van der Waals surface area (Å²) >= 11 is 0. The van der Waals surface area contributed by atoms with Gasteiger partial charge in [0.2, 0.25) is 0 Å². The average Bonchev–Trinajstić information content (AvgIpc) is 2.29. The molecule has 1 saturated heterocycles. The number of piperidine rings is 1. The molecule has 0 aromatic rings. The third-order valence-corrected chi connectivity index (χ3v) is 4.55. The summed E-state index contributed by atoms with van der Waals surface area (Å²) in [5.74, 6) is 0.291. The zero-order chi connectivity index (χ0) is 12.5. The highest BCUT2D eigenvalue weighted by Gasteiger charge is 2.42. The largest absolute Gasteiger partial charge is 0.393 e. The summed E-state index contributed by atoms with van der Waals surface area (Å²) < 4.78 is 37.6. The normalized spacial score (nSPS) is 40.2. The van der Waals surface area contributed by atoms with Crippen LogP contribution in [0.3, 0.4) is 0 Å². The van der Waals surface area contributed by atoms with Gasteiger partial charge in [0.05, 0.1) is 5.92 Å². The van der Waals surface area contributed by atoms with Crippen molar-refractivity contribution in [3.63, 3.8) is 0 Å². The third-order valence-electron chi connectivity index (χ3n) is 4.55. The highest BCUT2D eigenvalue weighted by Crippen LogP contribution is 2.37. The molecule has 0 aromatic heterocycles. The molecule has 0 spiro atoms. The fourth-order valence-electron chi connectivity index (χ4n) is 3.25. The fourth-order valence-corrected chi connectivity index (χ4v) is 3.25. The van der Waals surface area contributed by atoms with E-state index in [1.54, 1.807) is 0 Å². The maximum Gasteiger partial charge on any atom is 0.393 e. The lowest BCUT2D eigenvalue weighted by atomic mass is 9.76. The van der Waals surface area contributed by atoms with E-state index in [0.29, 0.717) is 24.8 Å². The third kappa shape index (κ3) is 3.36. The van der Waals surface area contributed by atoms with Crippen LogP contribution < -0.4 is 5.32 Å². The van der Waals surface area contributed by atoms with E-state index in [9.17, 15) is 13.2 Å².